The molecule has 0 radical (unpaired) electrons. The van der Waals surface area contributed by atoms with Crippen molar-refractivity contribution in [1.82, 2.24) is 4.31 Å². The Morgan fingerprint density at radius 3 is 2.33 bits per heavy atom. The SMILES string of the molecule is COc1ccc(S(=O)(=O)N2CCC(C(=O)OCC(=O)Nc3cccc(C(C)=O)c3)CC2)cc1. The van der Waals surface area contributed by atoms with Crippen molar-refractivity contribution >= 4 is 33.4 Å². The summed E-state index contributed by atoms with van der Waals surface area (Å²) in [6, 6.07) is 12.6. The lowest BCUT2D eigenvalue weighted by Gasteiger charge is -2.30. The molecule has 1 aliphatic heterocycles. The van der Waals surface area contributed by atoms with Crippen LogP contribution in [-0.4, -0.2) is 57.2 Å². The van der Waals surface area contributed by atoms with E-state index in [2.05, 4.69) is 5.32 Å². The van der Waals surface area contributed by atoms with Crippen LogP contribution in [0.4, 0.5) is 5.69 Å². The van der Waals surface area contributed by atoms with Gasteiger partial charge < -0.3 is 14.8 Å². The molecule has 0 aromatic heterocycles. The van der Waals surface area contributed by atoms with E-state index in [0.29, 0.717) is 29.8 Å². The third-order valence-corrected chi connectivity index (χ3v) is 7.30. The number of ketones is 1. The number of hydrogen-bond donors (Lipinski definition) is 1. The molecule has 1 heterocycles. The highest BCUT2D eigenvalue weighted by molar-refractivity contribution is 7.89. The first-order chi connectivity index (χ1) is 15.7. The number of Topliss-reactive ketones (excluding diaryl/α,β-unsaturated/α-hetero) is 1. The summed E-state index contributed by atoms with van der Waals surface area (Å²) in [4.78, 5) is 36.1. The molecule has 1 amide bonds. The maximum atomic E-state index is 12.8. The van der Waals surface area contributed by atoms with E-state index in [1.807, 2.05) is 0 Å². The summed E-state index contributed by atoms with van der Waals surface area (Å²) >= 11 is 0. The van der Waals surface area contributed by atoms with E-state index in [9.17, 15) is 22.8 Å². The summed E-state index contributed by atoms with van der Waals surface area (Å²) in [5.74, 6) is -1.11. The molecule has 33 heavy (non-hydrogen) atoms. The molecular formula is C23H26N2O7S. The predicted molar refractivity (Wildman–Crippen MR) is 121 cm³/mol. The molecule has 1 saturated heterocycles. The number of nitrogens with zero attached hydrogens (tertiary/aromatic N) is 1. The van der Waals surface area contributed by atoms with Gasteiger partial charge in [-0.25, -0.2) is 8.42 Å². The zero-order valence-electron chi connectivity index (χ0n) is 18.4. The van der Waals surface area contributed by atoms with Crippen LogP contribution in [0.25, 0.3) is 0 Å². The molecule has 0 spiro atoms. The average molecular weight is 475 g/mol. The van der Waals surface area contributed by atoms with Crippen LogP contribution < -0.4 is 10.1 Å². The zero-order valence-corrected chi connectivity index (χ0v) is 19.3. The van der Waals surface area contributed by atoms with Gasteiger partial charge >= 0.3 is 5.97 Å². The molecule has 0 aliphatic carbocycles. The van der Waals surface area contributed by atoms with Crippen molar-refractivity contribution in [2.75, 3.05) is 32.1 Å². The second-order valence-electron chi connectivity index (χ2n) is 7.65. The van der Waals surface area contributed by atoms with E-state index >= 15 is 0 Å². The van der Waals surface area contributed by atoms with Crippen LogP contribution >= 0.6 is 0 Å². The minimum absolute atomic E-state index is 0.127. The Bertz CT molecular complexity index is 1120. The normalized spacial score (nSPS) is 15.0. The fourth-order valence-corrected chi connectivity index (χ4v) is 4.97. The molecule has 2 aromatic rings. The molecule has 1 aliphatic rings. The average Bonchev–Trinajstić information content (AvgIpc) is 2.82. The van der Waals surface area contributed by atoms with E-state index < -0.39 is 34.4 Å². The Hall–Kier alpha value is -3.24. The van der Waals surface area contributed by atoms with E-state index in [1.54, 1.807) is 36.4 Å². The molecule has 1 fully saturated rings. The van der Waals surface area contributed by atoms with Gasteiger partial charge in [0.1, 0.15) is 5.75 Å². The number of benzene rings is 2. The van der Waals surface area contributed by atoms with Crippen LogP contribution in [-0.2, 0) is 24.3 Å². The largest absolute Gasteiger partial charge is 0.497 e. The van der Waals surface area contributed by atoms with Crippen molar-refractivity contribution in [3.05, 3.63) is 54.1 Å². The van der Waals surface area contributed by atoms with Crippen molar-refractivity contribution in [1.29, 1.82) is 0 Å². The number of nitrogens with one attached hydrogen (secondary N) is 1. The second kappa shape index (κ2) is 10.6. The van der Waals surface area contributed by atoms with Gasteiger partial charge in [-0.3, -0.25) is 14.4 Å². The highest BCUT2D eigenvalue weighted by atomic mass is 32.2. The predicted octanol–water partition coefficient (Wildman–Crippen LogP) is 2.48. The zero-order chi connectivity index (χ0) is 24.0. The molecule has 0 atom stereocenters. The summed E-state index contributed by atoms with van der Waals surface area (Å²) in [6.07, 6.45) is 0.604. The van der Waals surface area contributed by atoms with Gasteiger partial charge in [0.2, 0.25) is 10.0 Å². The summed E-state index contributed by atoms with van der Waals surface area (Å²) in [7, 11) is -2.17. The number of sulfonamides is 1. The molecule has 10 heteroatoms. The number of esters is 1. The van der Waals surface area contributed by atoms with Crippen molar-refractivity contribution in [3.63, 3.8) is 0 Å². The quantitative estimate of drug-likeness (QED) is 0.461. The molecular weight excluding hydrogens is 448 g/mol. The number of carbonyl (C=O) groups excluding carboxylic acids is 3. The van der Waals surface area contributed by atoms with Crippen LogP contribution in [0.15, 0.2) is 53.4 Å². The van der Waals surface area contributed by atoms with Crippen LogP contribution in [0.2, 0.25) is 0 Å². The van der Waals surface area contributed by atoms with Gasteiger partial charge in [-0.2, -0.15) is 4.31 Å². The number of carbonyl (C=O) groups is 3. The summed E-state index contributed by atoms with van der Waals surface area (Å²) < 4.78 is 37.1. The lowest BCUT2D eigenvalue weighted by atomic mass is 9.98. The number of methoxy groups -OCH3 is 1. The number of piperidine rings is 1. The molecule has 0 unspecified atom stereocenters. The topological polar surface area (TPSA) is 119 Å². The summed E-state index contributed by atoms with van der Waals surface area (Å²) in [6.45, 7) is 1.32. The van der Waals surface area contributed by atoms with E-state index in [-0.39, 0.29) is 23.8 Å². The molecule has 176 valence electrons. The summed E-state index contributed by atoms with van der Waals surface area (Å²) in [5.41, 5.74) is 0.891. The summed E-state index contributed by atoms with van der Waals surface area (Å²) in [5, 5.41) is 2.58. The first kappa shape index (κ1) is 24.4. The first-order valence-electron chi connectivity index (χ1n) is 10.4. The minimum atomic E-state index is -3.67. The van der Waals surface area contributed by atoms with Gasteiger partial charge in [0.05, 0.1) is 17.9 Å². The highest BCUT2D eigenvalue weighted by Gasteiger charge is 2.33. The van der Waals surface area contributed by atoms with Gasteiger partial charge in [-0.05, 0) is 56.2 Å². The van der Waals surface area contributed by atoms with Crippen molar-refractivity contribution in [3.8, 4) is 5.75 Å². The molecule has 0 saturated carbocycles. The first-order valence-corrected chi connectivity index (χ1v) is 11.9. The van der Waals surface area contributed by atoms with E-state index in [1.165, 1.54) is 30.5 Å². The van der Waals surface area contributed by atoms with Crippen molar-refractivity contribution in [2.45, 2.75) is 24.7 Å². The minimum Gasteiger partial charge on any atom is -0.497 e. The van der Waals surface area contributed by atoms with E-state index in [0.717, 1.165) is 0 Å². The third kappa shape index (κ3) is 6.17. The van der Waals surface area contributed by atoms with Gasteiger partial charge in [-0.15, -0.1) is 0 Å². The van der Waals surface area contributed by atoms with Crippen LogP contribution in [0, 0.1) is 5.92 Å². The standard InChI is InChI=1S/C23H26N2O7S/c1-16(26)18-4-3-5-19(14-18)24-22(27)15-32-23(28)17-10-12-25(13-11-17)33(29,30)21-8-6-20(31-2)7-9-21/h3-9,14,17H,10-13,15H2,1-2H3,(H,24,27). The molecule has 9 nitrogen and oxygen atoms in total. The monoisotopic (exact) mass is 474 g/mol. The van der Waals surface area contributed by atoms with Gasteiger partial charge in [0.25, 0.3) is 5.91 Å². The molecule has 2 aromatic carbocycles. The smallest absolute Gasteiger partial charge is 0.309 e. The molecule has 1 N–H and O–H groups in total. The van der Waals surface area contributed by atoms with Crippen LogP contribution in [0.1, 0.15) is 30.1 Å². The van der Waals surface area contributed by atoms with Gasteiger partial charge in [-0.1, -0.05) is 12.1 Å². The lowest BCUT2D eigenvalue weighted by Crippen LogP contribution is -2.40. The van der Waals surface area contributed by atoms with Crippen LogP contribution in [0.3, 0.4) is 0 Å². The fourth-order valence-electron chi connectivity index (χ4n) is 3.50. The maximum Gasteiger partial charge on any atom is 0.309 e. The number of amides is 1. The van der Waals surface area contributed by atoms with Gasteiger partial charge in [0, 0.05) is 24.3 Å². The Labute approximate surface area is 192 Å². The number of rotatable bonds is 8. The van der Waals surface area contributed by atoms with Crippen LogP contribution in [0.5, 0.6) is 5.75 Å². The third-order valence-electron chi connectivity index (χ3n) is 5.38. The second-order valence-corrected chi connectivity index (χ2v) is 9.58. The number of anilines is 1. The Kier molecular flexibility index (Phi) is 7.83. The fraction of sp³-hybridized carbons (Fsp3) is 0.348. The van der Waals surface area contributed by atoms with Gasteiger partial charge in [0.15, 0.2) is 12.4 Å². The number of ether oxygens (including phenoxy) is 2. The van der Waals surface area contributed by atoms with Crippen molar-refractivity contribution < 1.29 is 32.3 Å². The molecule has 3 rings (SSSR count). The Balaban J connectivity index is 1.48. The van der Waals surface area contributed by atoms with E-state index in [4.69, 9.17) is 9.47 Å². The Morgan fingerprint density at radius 1 is 1.06 bits per heavy atom. The lowest BCUT2D eigenvalue weighted by molar-refractivity contribution is -0.152. The Morgan fingerprint density at radius 2 is 1.73 bits per heavy atom. The number of hydrogen-bond acceptors (Lipinski definition) is 7. The maximum absolute atomic E-state index is 12.8. The molecule has 0 bridgehead atoms. The highest BCUT2D eigenvalue weighted by Crippen LogP contribution is 2.25. The van der Waals surface area contributed by atoms with Crippen molar-refractivity contribution in [2.24, 2.45) is 5.92 Å².